The molecule has 1 aliphatic rings. The van der Waals surface area contributed by atoms with Crippen LogP contribution in [0.25, 0.3) is 0 Å². The third kappa shape index (κ3) is 4.03. The van der Waals surface area contributed by atoms with Gasteiger partial charge in [-0.1, -0.05) is 26.7 Å². The van der Waals surface area contributed by atoms with E-state index in [9.17, 15) is 9.90 Å². The number of hydrogen-bond donors (Lipinski definition) is 2. The molecule has 1 aromatic rings. The highest BCUT2D eigenvalue weighted by atomic mass is 16.4. The maximum atomic E-state index is 11.7. The lowest BCUT2D eigenvalue weighted by molar-refractivity contribution is -0.122. The van der Waals surface area contributed by atoms with Crippen molar-refractivity contribution >= 4 is 5.91 Å². The minimum absolute atomic E-state index is 0.0883. The predicted molar refractivity (Wildman–Crippen MR) is 73.1 cm³/mol. The molecule has 0 saturated heterocycles. The van der Waals surface area contributed by atoms with Crippen LogP contribution in [0.2, 0.25) is 0 Å². The molecule has 1 aliphatic carbocycles. The quantitative estimate of drug-likeness (QED) is 0.826. The Bertz CT molecular complexity index is 450. The van der Waals surface area contributed by atoms with Crippen LogP contribution in [0, 0.1) is 0 Å². The van der Waals surface area contributed by atoms with Crippen molar-refractivity contribution in [2.24, 2.45) is 0 Å². The molecule has 1 aromatic heterocycles. The number of nitrogens with one attached hydrogen (secondary N) is 1. The summed E-state index contributed by atoms with van der Waals surface area (Å²) in [6.45, 7) is 4.30. The number of carbonyl (C=O) groups is 1. The second-order valence-electron chi connectivity index (χ2n) is 5.90. The summed E-state index contributed by atoms with van der Waals surface area (Å²) in [5, 5.41) is 20.8. The van der Waals surface area contributed by atoms with Crippen LogP contribution >= 0.6 is 0 Å². The van der Waals surface area contributed by atoms with Crippen molar-refractivity contribution in [3.8, 4) is 0 Å². The largest absolute Gasteiger partial charge is 0.425 e. The first-order valence-corrected chi connectivity index (χ1v) is 7.30. The Morgan fingerprint density at radius 1 is 1.40 bits per heavy atom. The fourth-order valence-corrected chi connectivity index (χ4v) is 2.38. The molecule has 0 aliphatic heterocycles. The van der Waals surface area contributed by atoms with Crippen molar-refractivity contribution in [1.82, 2.24) is 15.5 Å². The van der Waals surface area contributed by atoms with E-state index in [1.807, 2.05) is 13.8 Å². The zero-order chi connectivity index (χ0) is 14.6. The molecule has 0 unspecified atom stereocenters. The normalized spacial score (nSPS) is 17.6. The molecule has 6 nitrogen and oxygen atoms in total. The standard InChI is InChI=1S/C14H23N3O3/c1-10(2)13-17-16-12(20-13)6-5-11(18)15-9-14(19)7-3-4-8-14/h10,19H,3-9H2,1-2H3,(H,15,18). The topological polar surface area (TPSA) is 88.2 Å². The van der Waals surface area contributed by atoms with E-state index >= 15 is 0 Å². The van der Waals surface area contributed by atoms with E-state index in [0.29, 0.717) is 31.2 Å². The lowest BCUT2D eigenvalue weighted by Gasteiger charge is -2.22. The van der Waals surface area contributed by atoms with Crippen molar-refractivity contribution in [3.63, 3.8) is 0 Å². The van der Waals surface area contributed by atoms with Gasteiger partial charge in [-0.25, -0.2) is 0 Å². The Morgan fingerprint density at radius 2 is 2.10 bits per heavy atom. The molecule has 0 bridgehead atoms. The van der Waals surface area contributed by atoms with Gasteiger partial charge in [0.1, 0.15) is 0 Å². The second kappa shape index (κ2) is 6.35. The molecule has 2 rings (SSSR count). The van der Waals surface area contributed by atoms with Gasteiger partial charge in [0.05, 0.1) is 5.60 Å². The fourth-order valence-electron chi connectivity index (χ4n) is 2.38. The van der Waals surface area contributed by atoms with Gasteiger partial charge in [0.25, 0.3) is 0 Å². The van der Waals surface area contributed by atoms with Crippen molar-refractivity contribution in [1.29, 1.82) is 0 Å². The number of aromatic nitrogens is 2. The first-order valence-electron chi connectivity index (χ1n) is 7.30. The van der Waals surface area contributed by atoms with Gasteiger partial charge in [0.15, 0.2) is 0 Å². The molecule has 1 fully saturated rings. The van der Waals surface area contributed by atoms with E-state index < -0.39 is 5.60 Å². The van der Waals surface area contributed by atoms with Crippen LogP contribution in [0.4, 0.5) is 0 Å². The zero-order valence-electron chi connectivity index (χ0n) is 12.2. The third-order valence-electron chi connectivity index (χ3n) is 3.69. The molecule has 0 spiro atoms. The molecule has 112 valence electrons. The summed E-state index contributed by atoms with van der Waals surface area (Å²) in [6.07, 6.45) is 4.35. The van der Waals surface area contributed by atoms with Crippen LogP contribution in [-0.2, 0) is 11.2 Å². The lowest BCUT2D eigenvalue weighted by atomic mass is 10.0. The highest BCUT2D eigenvalue weighted by molar-refractivity contribution is 5.76. The highest BCUT2D eigenvalue weighted by Crippen LogP contribution is 2.28. The van der Waals surface area contributed by atoms with Crippen LogP contribution in [0.5, 0.6) is 0 Å². The van der Waals surface area contributed by atoms with Crippen molar-refractivity contribution < 1.29 is 14.3 Å². The maximum Gasteiger partial charge on any atom is 0.220 e. The van der Waals surface area contributed by atoms with Gasteiger partial charge in [-0.05, 0) is 12.8 Å². The van der Waals surface area contributed by atoms with E-state index in [-0.39, 0.29) is 11.8 Å². The fraction of sp³-hybridized carbons (Fsp3) is 0.786. The summed E-state index contributed by atoms with van der Waals surface area (Å²) in [5.41, 5.74) is -0.703. The van der Waals surface area contributed by atoms with Gasteiger partial charge < -0.3 is 14.8 Å². The first kappa shape index (κ1) is 15.0. The minimum atomic E-state index is -0.703. The second-order valence-corrected chi connectivity index (χ2v) is 5.90. The Labute approximate surface area is 119 Å². The molecule has 0 aromatic carbocycles. The van der Waals surface area contributed by atoms with Crippen molar-refractivity contribution in [3.05, 3.63) is 11.8 Å². The number of rotatable bonds is 6. The zero-order valence-corrected chi connectivity index (χ0v) is 12.2. The molecule has 1 amide bonds. The monoisotopic (exact) mass is 281 g/mol. The number of aliphatic hydroxyl groups is 1. The predicted octanol–water partition coefficient (Wildman–Crippen LogP) is 1.55. The van der Waals surface area contributed by atoms with Crippen molar-refractivity contribution in [2.45, 2.75) is 63.9 Å². The summed E-state index contributed by atoms with van der Waals surface area (Å²) in [7, 11) is 0. The average Bonchev–Trinajstić information content (AvgIpc) is 3.03. The summed E-state index contributed by atoms with van der Waals surface area (Å²) in [4.78, 5) is 11.7. The summed E-state index contributed by atoms with van der Waals surface area (Å²) >= 11 is 0. The van der Waals surface area contributed by atoms with Gasteiger partial charge >= 0.3 is 0 Å². The summed E-state index contributed by atoms with van der Waals surface area (Å²) < 4.78 is 5.44. The molecule has 1 saturated carbocycles. The smallest absolute Gasteiger partial charge is 0.220 e. The van der Waals surface area contributed by atoms with Crippen LogP contribution in [0.3, 0.4) is 0 Å². The Morgan fingerprint density at radius 3 is 2.70 bits per heavy atom. The minimum Gasteiger partial charge on any atom is -0.425 e. The molecule has 20 heavy (non-hydrogen) atoms. The Hall–Kier alpha value is -1.43. The highest BCUT2D eigenvalue weighted by Gasteiger charge is 2.31. The SMILES string of the molecule is CC(C)c1nnc(CCC(=O)NCC2(O)CCCC2)o1. The average molecular weight is 281 g/mol. The number of aryl methyl sites for hydroxylation is 1. The number of nitrogens with zero attached hydrogens (tertiary/aromatic N) is 2. The Kier molecular flexibility index (Phi) is 4.75. The number of amides is 1. The molecule has 6 heteroatoms. The lowest BCUT2D eigenvalue weighted by Crippen LogP contribution is -2.40. The van der Waals surface area contributed by atoms with E-state index in [1.54, 1.807) is 0 Å². The van der Waals surface area contributed by atoms with Crippen LogP contribution in [-0.4, -0.2) is 33.4 Å². The summed E-state index contributed by atoms with van der Waals surface area (Å²) in [5.74, 6) is 1.19. The molecular weight excluding hydrogens is 258 g/mol. The van der Waals surface area contributed by atoms with Gasteiger partial charge in [-0.2, -0.15) is 0 Å². The van der Waals surface area contributed by atoms with E-state index in [4.69, 9.17) is 4.42 Å². The molecular formula is C14H23N3O3. The van der Waals surface area contributed by atoms with Crippen LogP contribution in [0.1, 0.15) is 63.7 Å². The van der Waals surface area contributed by atoms with Gasteiger partial charge in [-0.15, -0.1) is 10.2 Å². The molecule has 0 radical (unpaired) electrons. The molecule has 0 atom stereocenters. The van der Waals surface area contributed by atoms with Gasteiger partial charge in [0, 0.05) is 25.3 Å². The Balaban J connectivity index is 1.71. The molecule has 2 N–H and O–H groups in total. The van der Waals surface area contributed by atoms with E-state index in [1.165, 1.54) is 0 Å². The first-order chi connectivity index (χ1) is 9.48. The maximum absolute atomic E-state index is 11.7. The van der Waals surface area contributed by atoms with Gasteiger partial charge in [-0.3, -0.25) is 4.79 Å². The van der Waals surface area contributed by atoms with E-state index in [0.717, 1.165) is 25.7 Å². The van der Waals surface area contributed by atoms with Crippen LogP contribution < -0.4 is 5.32 Å². The van der Waals surface area contributed by atoms with Gasteiger partial charge in [0.2, 0.25) is 17.7 Å². The van der Waals surface area contributed by atoms with E-state index in [2.05, 4.69) is 15.5 Å². The third-order valence-corrected chi connectivity index (χ3v) is 3.69. The molecule has 1 heterocycles. The summed E-state index contributed by atoms with van der Waals surface area (Å²) in [6, 6.07) is 0. The number of hydrogen-bond acceptors (Lipinski definition) is 5. The van der Waals surface area contributed by atoms with Crippen LogP contribution in [0.15, 0.2) is 4.42 Å². The number of carbonyl (C=O) groups excluding carboxylic acids is 1. The van der Waals surface area contributed by atoms with Crippen molar-refractivity contribution in [2.75, 3.05) is 6.54 Å².